The van der Waals surface area contributed by atoms with Crippen molar-refractivity contribution < 1.29 is 4.79 Å². The fourth-order valence-electron chi connectivity index (χ4n) is 2.55. The Morgan fingerprint density at radius 1 is 0.962 bits per heavy atom. The highest BCUT2D eigenvalue weighted by Crippen LogP contribution is 2.13. The number of hydrogen-bond donors (Lipinski definition) is 1. The summed E-state index contributed by atoms with van der Waals surface area (Å²) in [5, 5.41) is 21.3. The van der Waals surface area contributed by atoms with E-state index in [-0.39, 0.29) is 5.91 Å². The van der Waals surface area contributed by atoms with Crippen molar-refractivity contribution in [3.8, 4) is 0 Å². The van der Waals surface area contributed by atoms with Gasteiger partial charge in [-0.25, -0.2) is 0 Å². The van der Waals surface area contributed by atoms with Crippen LogP contribution in [0.2, 0.25) is 0 Å². The molecule has 0 aliphatic rings. The Labute approximate surface area is 156 Å². The molecule has 134 valence electrons. The summed E-state index contributed by atoms with van der Waals surface area (Å²) in [6.45, 7) is 1.97. The minimum atomic E-state index is -0.0920. The van der Waals surface area contributed by atoms with Crippen LogP contribution in [0.3, 0.4) is 0 Å². The molecule has 0 aliphatic carbocycles. The van der Waals surface area contributed by atoms with Crippen molar-refractivity contribution in [2.75, 3.05) is 5.32 Å². The van der Waals surface area contributed by atoms with Crippen LogP contribution < -0.4 is 5.32 Å². The molecule has 0 spiro atoms. The summed E-state index contributed by atoms with van der Waals surface area (Å²) < 4.78 is 0. The van der Waals surface area contributed by atoms with Gasteiger partial charge in [0, 0.05) is 6.42 Å². The van der Waals surface area contributed by atoms with Crippen LogP contribution in [-0.2, 0) is 24.1 Å². The lowest BCUT2D eigenvalue weighted by molar-refractivity contribution is -0.115. The molecular formula is C19H21N5OS. The molecule has 7 heteroatoms. The number of nitrogens with zero attached hydrogens (tertiary/aromatic N) is 4. The number of unbranched alkanes of at least 4 members (excludes halogenated alkanes) is 1. The van der Waals surface area contributed by atoms with Gasteiger partial charge in [-0.15, -0.1) is 26.6 Å². The van der Waals surface area contributed by atoms with Crippen LogP contribution in [0.1, 0.15) is 34.1 Å². The second-order valence-electron chi connectivity index (χ2n) is 6.04. The second-order valence-corrected chi connectivity index (χ2v) is 7.31. The molecule has 2 aromatic heterocycles. The number of aryl methyl sites for hydroxylation is 3. The Morgan fingerprint density at radius 2 is 1.77 bits per heavy atom. The topological polar surface area (TPSA) is 80.7 Å². The van der Waals surface area contributed by atoms with Gasteiger partial charge in [0.1, 0.15) is 10.0 Å². The van der Waals surface area contributed by atoms with E-state index in [0.29, 0.717) is 12.2 Å². The lowest BCUT2D eigenvalue weighted by Gasteiger charge is -2.05. The Bertz CT molecular complexity index is 833. The summed E-state index contributed by atoms with van der Waals surface area (Å²) in [5.74, 6) is 0.393. The van der Waals surface area contributed by atoms with E-state index in [1.807, 2.05) is 43.3 Å². The van der Waals surface area contributed by atoms with E-state index in [1.54, 1.807) is 17.4 Å². The van der Waals surface area contributed by atoms with E-state index in [2.05, 4.69) is 25.7 Å². The van der Waals surface area contributed by atoms with Crippen LogP contribution in [-0.4, -0.2) is 26.3 Å². The number of carbonyl (C=O) groups is 1. The van der Waals surface area contributed by atoms with Crippen LogP contribution in [0.15, 0.2) is 42.5 Å². The lowest BCUT2D eigenvalue weighted by Crippen LogP contribution is -2.15. The SMILES string of the molecule is Cc1nnc(CCCCc2ccc(NC(=O)Cc3ccccc3)nn2)s1. The van der Waals surface area contributed by atoms with Gasteiger partial charge in [-0.2, -0.15) is 5.10 Å². The molecule has 0 saturated carbocycles. The zero-order valence-corrected chi connectivity index (χ0v) is 15.5. The van der Waals surface area contributed by atoms with Crippen LogP contribution in [0.25, 0.3) is 0 Å². The maximum Gasteiger partial charge on any atom is 0.229 e. The highest BCUT2D eigenvalue weighted by Gasteiger charge is 2.06. The highest BCUT2D eigenvalue weighted by molar-refractivity contribution is 7.11. The van der Waals surface area contributed by atoms with Gasteiger partial charge >= 0.3 is 0 Å². The van der Waals surface area contributed by atoms with Gasteiger partial charge in [-0.1, -0.05) is 30.3 Å². The van der Waals surface area contributed by atoms with Crippen molar-refractivity contribution in [1.82, 2.24) is 20.4 Å². The molecule has 2 heterocycles. The number of amides is 1. The van der Waals surface area contributed by atoms with Crippen LogP contribution >= 0.6 is 11.3 Å². The van der Waals surface area contributed by atoms with Crippen molar-refractivity contribution in [1.29, 1.82) is 0 Å². The Balaban J connectivity index is 1.40. The quantitative estimate of drug-likeness (QED) is 0.617. The van der Waals surface area contributed by atoms with Crippen LogP contribution in [0.4, 0.5) is 5.82 Å². The first-order valence-corrected chi connectivity index (χ1v) is 9.46. The minimum absolute atomic E-state index is 0.0920. The summed E-state index contributed by atoms with van der Waals surface area (Å²) in [6, 6.07) is 13.3. The third-order valence-electron chi connectivity index (χ3n) is 3.84. The first kappa shape index (κ1) is 18.1. The Morgan fingerprint density at radius 3 is 2.46 bits per heavy atom. The van der Waals surface area contributed by atoms with Crippen molar-refractivity contribution >= 4 is 23.1 Å². The largest absolute Gasteiger partial charge is 0.309 e. The molecule has 0 aliphatic heterocycles. The molecule has 0 fully saturated rings. The second kappa shape index (κ2) is 9.15. The highest BCUT2D eigenvalue weighted by atomic mass is 32.1. The van der Waals surface area contributed by atoms with Crippen molar-refractivity contribution in [3.05, 3.63) is 63.7 Å². The third kappa shape index (κ3) is 5.70. The maximum absolute atomic E-state index is 12.0. The number of rotatable bonds is 8. The van der Waals surface area contributed by atoms with Crippen molar-refractivity contribution in [2.45, 2.75) is 39.0 Å². The summed E-state index contributed by atoms with van der Waals surface area (Å²) in [7, 11) is 0. The molecule has 3 aromatic rings. The minimum Gasteiger partial charge on any atom is -0.309 e. The van der Waals surface area contributed by atoms with Crippen LogP contribution in [0, 0.1) is 6.92 Å². The summed E-state index contributed by atoms with van der Waals surface area (Å²) in [5.41, 5.74) is 1.90. The zero-order chi connectivity index (χ0) is 18.2. The van der Waals surface area contributed by atoms with Crippen LogP contribution in [0.5, 0.6) is 0 Å². The number of hydrogen-bond acceptors (Lipinski definition) is 6. The van der Waals surface area contributed by atoms with E-state index in [0.717, 1.165) is 47.0 Å². The number of aromatic nitrogens is 4. The van der Waals surface area contributed by atoms with Gasteiger partial charge in [0.15, 0.2) is 5.82 Å². The number of carbonyl (C=O) groups excluding carboxylic acids is 1. The summed E-state index contributed by atoms with van der Waals surface area (Å²) >= 11 is 1.65. The normalized spacial score (nSPS) is 10.7. The monoisotopic (exact) mass is 367 g/mol. The van der Waals surface area contributed by atoms with Gasteiger partial charge in [-0.05, 0) is 43.9 Å². The third-order valence-corrected chi connectivity index (χ3v) is 4.73. The molecule has 1 amide bonds. The first-order valence-electron chi connectivity index (χ1n) is 8.64. The summed E-state index contributed by atoms with van der Waals surface area (Å²) in [4.78, 5) is 12.0. The molecule has 0 atom stereocenters. The van der Waals surface area contributed by atoms with E-state index in [4.69, 9.17) is 0 Å². The van der Waals surface area contributed by atoms with Gasteiger partial charge in [0.25, 0.3) is 0 Å². The van der Waals surface area contributed by atoms with E-state index in [1.165, 1.54) is 0 Å². The van der Waals surface area contributed by atoms with Gasteiger partial charge in [0.05, 0.1) is 12.1 Å². The Hall–Kier alpha value is -2.67. The van der Waals surface area contributed by atoms with E-state index < -0.39 is 0 Å². The molecule has 26 heavy (non-hydrogen) atoms. The smallest absolute Gasteiger partial charge is 0.229 e. The Kier molecular flexibility index (Phi) is 6.38. The fraction of sp³-hybridized carbons (Fsp3) is 0.316. The number of anilines is 1. The van der Waals surface area contributed by atoms with Crippen molar-refractivity contribution in [2.24, 2.45) is 0 Å². The van der Waals surface area contributed by atoms with E-state index >= 15 is 0 Å². The molecule has 0 unspecified atom stereocenters. The van der Waals surface area contributed by atoms with E-state index in [9.17, 15) is 4.79 Å². The molecule has 1 N–H and O–H groups in total. The molecule has 1 aromatic carbocycles. The van der Waals surface area contributed by atoms with Gasteiger partial charge in [-0.3, -0.25) is 4.79 Å². The summed E-state index contributed by atoms with van der Waals surface area (Å²) in [6.07, 6.45) is 4.21. The predicted octanol–water partition coefficient (Wildman–Crippen LogP) is 3.38. The standard InChI is InChI=1S/C19H21N5OS/c1-14-21-24-19(26-14)10-6-5-9-16-11-12-17(23-22-16)20-18(25)13-15-7-3-2-4-8-15/h2-4,7-8,11-12H,5-6,9-10,13H2,1H3,(H,20,23,25). The van der Waals surface area contributed by atoms with Gasteiger partial charge < -0.3 is 5.32 Å². The molecule has 0 radical (unpaired) electrons. The number of benzene rings is 1. The zero-order valence-electron chi connectivity index (χ0n) is 14.7. The lowest BCUT2D eigenvalue weighted by atomic mass is 10.1. The first-order chi connectivity index (χ1) is 12.7. The molecule has 6 nitrogen and oxygen atoms in total. The van der Waals surface area contributed by atoms with Gasteiger partial charge in [0.2, 0.25) is 5.91 Å². The predicted molar refractivity (Wildman–Crippen MR) is 102 cm³/mol. The molecule has 0 saturated heterocycles. The molecule has 3 rings (SSSR count). The fourth-order valence-corrected chi connectivity index (χ4v) is 3.30. The number of nitrogens with one attached hydrogen (secondary N) is 1. The molecule has 0 bridgehead atoms. The molecular weight excluding hydrogens is 346 g/mol. The maximum atomic E-state index is 12.0. The average molecular weight is 367 g/mol. The van der Waals surface area contributed by atoms with Crippen molar-refractivity contribution in [3.63, 3.8) is 0 Å². The average Bonchev–Trinajstić information content (AvgIpc) is 3.06.